The first-order valence-corrected chi connectivity index (χ1v) is 5.35. The molecule has 0 aliphatic carbocycles. The van der Waals surface area contributed by atoms with Gasteiger partial charge in [-0.2, -0.15) is 4.98 Å². The second-order valence-corrected chi connectivity index (χ2v) is 3.39. The van der Waals surface area contributed by atoms with Crippen LogP contribution in [0.3, 0.4) is 0 Å². The van der Waals surface area contributed by atoms with Gasteiger partial charge in [0.05, 0.1) is 18.6 Å². The molecule has 1 aromatic rings. The summed E-state index contributed by atoms with van der Waals surface area (Å²) in [5.74, 6) is -2.95. The van der Waals surface area contributed by atoms with Crippen molar-refractivity contribution in [3.63, 3.8) is 0 Å². The third-order valence-electron chi connectivity index (χ3n) is 2.03. The molecule has 0 bridgehead atoms. The standard InChI is InChI=1S/C10H9F3N2O6/c1-3-20-9(16)5-4-6(15(17)18)8(14-7(5)19-2)21-10(11,12)13/h4H,3H2,1-2H3. The highest BCUT2D eigenvalue weighted by Gasteiger charge is 2.37. The number of rotatable bonds is 5. The minimum Gasteiger partial charge on any atom is -0.480 e. The molecule has 0 aromatic carbocycles. The lowest BCUT2D eigenvalue weighted by Crippen LogP contribution is -2.19. The molecule has 1 heterocycles. The summed E-state index contributed by atoms with van der Waals surface area (Å²) in [6.07, 6.45) is -5.19. The molecule has 0 N–H and O–H groups in total. The number of nitrogens with zero attached hydrogens (tertiary/aromatic N) is 2. The van der Waals surface area contributed by atoms with Crippen molar-refractivity contribution >= 4 is 11.7 Å². The molecular formula is C10H9F3N2O6. The minimum atomic E-state index is -5.19. The van der Waals surface area contributed by atoms with Crippen LogP contribution < -0.4 is 9.47 Å². The molecule has 0 aliphatic rings. The molecule has 0 radical (unpaired) electrons. The Kier molecular flexibility index (Phi) is 4.89. The first kappa shape index (κ1) is 16.5. The fourth-order valence-electron chi connectivity index (χ4n) is 1.30. The molecule has 0 spiro atoms. The summed E-state index contributed by atoms with van der Waals surface area (Å²) in [5.41, 5.74) is -1.63. The van der Waals surface area contributed by atoms with Crippen molar-refractivity contribution in [2.75, 3.05) is 13.7 Å². The Balaban J connectivity index is 3.40. The second kappa shape index (κ2) is 6.24. The maximum Gasteiger partial charge on any atom is 0.574 e. The summed E-state index contributed by atoms with van der Waals surface area (Å²) < 4.78 is 49.2. The highest BCUT2D eigenvalue weighted by molar-refractivity contribution is 5.93. The first-order chi connectivity index (χ1) is 9.69. The number of methoxy groups -OCH3 is 1. The number of ether oxygens (including phenoxy) is 3. The Bertz CT molecular complexity index is 560. The van der Waals surface area contributed by atoms with Crippen LogP contribution in [0.4, 0.5) is 18.9 Å². The van der Waals surface area contributed by atoms with Gasteiger partial charge in [-0.3, -0.25) is 10.1 Å². The quantitative estimate of drug-likeness (QED) is 0.466. The van der Waals surface area contributed by atoms with Gasteiger partial charge in [-0.1, -0.05) is 0 Å². The zero-order chi connectivity index (χ0) is 16.2. The molecule has 0 fully saturated rings. The van der Waals surface area contributed by atoms with Crippen LogP contribution in [0.25, 0.3) is 0 Å². The van der Waals surface area contributed by atoms with E-state index in [1.54, 1.807) is 0 Å². The fraction of sp³-hybridized carbons (Fsp3) is 0.400. The summed E-state index contributed by atoms with van der Waals surface area (Å²) in [6.45, 7) is 1.43. The Morgan fingerprint density at radius 2 is 2.05 bits per heavy atom. The summed E-state index contributed by atoms with van der Waals surface area (Å²) in [4.78, 5) is 24.4. The molecule has 0 unspecified atom stereocenters. The Morgan fingerprint density at radius 3 is 2.48 bits per heavy atom. The average Bonchev–Trinajstić information content (AvgIpc) is 2.36. The van der Waals surface area contributed by atoms with E-state index in [0.29, 0.717) is 6.07 Å². The monoisotopic (exact) mass is 310 g/mol. The van der Waals surface area contributed by atoms with Gasteiger partial charge >= 0.3 is 23.9 Å². The molecule has 116 valence electrons. The molecular weight excluding hydrogens is 301 g/mol. The Morgan fingerprint density at radius 1 is 1.43 bits per heavy atom. The molecule has 0 atom stereocenters. The Hall–Kier alpha value is -2.59. The van der Waals surface area contributed by atoms with E-state index in [0.717, 1.165) is 7.11 Å². The van der Waals surface area contributed by atoms with Crippen LogP contribution in [0.1, 0.15) is 17.3 Å². The van der Waals surface area contributed by atoms with Crippen molar-refractivity contribution in [1.82, 2.24) is 4.98 Å². The van der Waals surface area contributed by atoms with Crippen LogP contribution in [0.5, 0.6) is 11.8 Å². The molecule has 0 amide bonds. The molecule has 11 heteroatoms. The van der Waals surface area contributed by atoms with Crippen LogP contribution in [-0.2, 0) is 4.74 Å². The normalized spacial score (nSPS) is 10.9. The number of nitro groups is 1. The highest BCUT2D eigenvalue weighted by atomic mass is 19.4. The molecule has 0 aliphatic heterocycles. The third-order valence-corrected chi connectivity index (χ3v) is 2.03. The largest absolute Gasteiger partial charge is 0.574 e. The average molecular weight is 310 g/mol. The second-order valence-electron chi connectivity index (χ2n) is 3.39. The number of alkyl halides is 3. The number of hydrogen-bond donors (Lipinski definition) is 0. The van der Waals surface area contributed by atoms with Gasteiger partial charge in [0, 0.05) is 6.07 Å². The molecule has 8 nitrogen and oxygen atoms in total. The lowest BCUT2D eigenvalue weighted by Gasteiger charge is -2.11. The Labute approximate surface area is 115 Å². The van der Waals surface area contributed by atoms with Gasteiger partial charge < -0.3 is 14.2 Å². The van der Waals surface area contributed by atoms with Crippen LogP contribution in [-0.4, -0.2) is 36.0 Å². The molecule has 0 saturated heterocycles. The van der Waals surface area contributed by atoms with Crippen molar-refractivity contribution in [2.24, 2.45) is 0 Å². The lowest BCUT2D eigenvalue weighted by atomic mass is 10.2. The van der Waals surface area contributed by atoms with Gasteiger partial charge in [-0.15, -0.1) is 13.2 Å². The topological polar surface area (TPSA) is 101 Å². The van der Waals surface area contributed by atoms with Gasteiger partial charge in [-0.05, 0) is 6.92 Å². The molecule has 1 rings (SSSR count). The smallest absolute Gasteiger partial charge is 0.480 e. The van der Waals surface area contributed by atoms with E-state index in [1.165, 1.54) is 6.92 Å². The van der Waals surface area contributed by atoms with E-state index in [4.69, 9.17) is 0 Å². The van der Waals surface area contributed by atoms with Gasteiger partial charge in [-0.25, -0.2) is 4.79 Å². The van der Waals surface area contributed by atoms with Crippen molar-refractivity contribution in [3.8, 4) is 11.8 Å². The molecule has 21 heavy (non-hydrogen) atoms. The maximum atomic E-state index is 12.2. The number of carbonyl (C=O) groups is 1. The number of halogens is 3. The number of carbonyl (C=O) groups excluding carboxylic acids is 1. The summed E-state index contributed by atoms with van der Waals surface area (Å²) in [6, 6.07) is 0.547. The predicted octanol–water partition coefficient (Wildman–Crippen LogP) is 2.07. The van der Waals surface area contributed by atoms with E-state index < -0.39 is 40.3 Å². The van der Waals surface area contributed by atoms with Gasteiger partial charge in [0.25, 0.3) is 0 Å². The lowest BCUT2D eigenvalue weighted by molar-refractivity contribution is -0.389. The zero-order valence-corrected chi connectivity index (χ0v) is 10.8. The molecule has 0 saturated carbocycles. The number of hydrogen-bond acceptors (Lipinski definition) is 7. The summed E-state index contributed by atoms with van der Waals surface area (Å²) in [5, 5.41) is 10.8. The SMILES string of the molecule is CCOC(=O)c1cc([N+](=O)[O-])c(OC(F)(F)F)nc1OC. The van der Waals surface area contributed by atoms with Crippen molar-refractivity contribution in [1.29, 1.82) is 0 Å². The number of aromatic nitrogens is 1. The number of esters is 1. The van der Waals surface area contributed by atoms with Crippen LogP contribution >= 0.6 is 0 Å². The van der Waals surface area contributed by atoms with Gasteiger partial charge in [0.1, 0.15) is 5.56 Å². The van der Waals surface area contributed by atoms with Crippen LogP contribution in [0, 0.1) is 10.1 Å². The first-order valence-electron chi connectivity index (χ1n) is 5.35. The van der Waals surface area contributed by atoms with E-state index in [2.05, 4.69) is 19.2 Å². The molecule has 1 aromatic heterocycles. The maximum absolute atomic E-state index is 12.2. The minimum absolute atomic E-state index is 0.0451. The third kappa shape index (κ3) is 4.19. The van der Waals surface area contributed by atoms with E-state index >= 15 is 0 Å². The van der Waals surface area contributed by atoms with Crippen LogP contribution in [0.15, 0.2) is 6.07 Å². The van der Waals surface area contributed by atoms with Gasteiger partial charge in [0.15, 0.2) is 0 Å². The summed E-state index contributed by atoms with van der Waals surface area (Å²) in [7, 11) is 1.02. The fourth-order valence-corrected chi connectivity index (χ4v) is 1.30. The number of pyridine rings is 1. The van der Waals surface area contributed by atoms with Crippen molar-refractivity contribution in [2.45, 2.75) is 13.3 Å². The van der Waals surface area contributed by atoms with Crippen molar-refractivity contribution < 1.29 is 37.1 Å². The van der Waals surface area contributed by atoms with Crippen molar-refractivity contribution in [3.05, 3.63) is 21.7 Å². The van der Waals surface area contributed by atoms with Crippen LogP contribution in [0.2, 0.25) is 0 Å². The summed E-state index contributed by atoms with van der Waals surface area (Å²) >= 11 is 0. The predicted molar refractivity (Wildman–Crippen MR) is 60.1 cm³/mol. The zero-order valence-electron chi connectivity index (χ0n) is 10.8. The van der Waals surface area contributed by atoms with E-state index in [-0.39, 0.29) is 6.61 Å². The van der Waals surface area contributed by atoms with Gasteiger partial charge in [0.2, 0.25) is 5.88 Å². The van der Waals surface area contributed by atoms with E-state index in [1.807, 2.05) is 0 Å². The van der Waals surface area contributed by atoms with E-state index in [9.17, 15) is 28.1 Å². The highest BCUT2D eigenvalue weighted by Crippen LogP contribution is 2.34.